The molecule has 1 aliphatic rings. The zero-order valence-electron chi connectivity index (χ0n) is 13.4. The molecule has 1 aliphatic carbocycles. The van der Waals surface area contributed by atoms with Crippen LogP contribution in [0.1, 0.15) is 43.2 Å². The van der Waals surface area contributed by atoms with Crippen LogP contribution in [0.25, 0.3) is 0 Å². The van der Waals surface area contributed by atoms with Crippen LogP contribution in [0.4, 0.5) is 0 Å². The fraction of sp³-hybridized carbons (Fsp3) is 0.421. The van der Waals surface area contributed by atoms with E-state index < -0.39 is 0 Å². The number of benzene rings is 1. The highest BCUT2D eigenvalue weighted by atomic mass is 15.0. The minimum absolute atomic E-state index is 0.325. The minimum Gasteiger partial charge on any atom is -0.305 e. The molecule has 0 radical (unpaired) electrons. The third-order valence-corrected chi connectivity index (χ3v) is 3.91. The maximum absolute atomic E-state index is 8.39. The summed E-state index contributed by atoms with van der Waals surface area (Å²) in [6, 6.07) is 8.42. The molecule has 21 heavy (non-hydrogen) atoms. The van der Waals surface area contributed by atoms with Gasteiger partial charge in [-0.05, 0) is 43.6 Å². The van der Waals surface area contributed by atoms with Crippen LogP contribution >= 0.6 is 0 Å². The van der Waals surface area contributed by atoms with Crippen molar-refractivity contribution in [2.24, 2.45) is 0 Å². The summed E-state index contributed by atoms with van der Waals surface area (Å²) in [5, 5.41) is 8.39. The third-order valence-electron chi connectivity index (χ3n) is 3.91. The zero-order valence-corrected chi connectivity index (χ0v) is 13.4. The van der Waals surface area contributed by atoms with E-state index in [1.165, 1.54) is 11.1 Å². The van der Waals surface area contributed by atoms with Crippen molar-refractivity contribution in [3.63, 3.8) is 0 Å². The van der Waals surface area contributed by atoms with Gasteiger partial charge in [0.1, 0.15) is 0 Å². The van der Waals surface area contributed by atoms with E-state index in [-0.39, 0.29) is 0 Å². The van der Waals surface area contributed by atoms with Gasteiger partial charge in [-0.1, -0.05) is 55.8 Å². The quantitative estimate of drug-likeness (QED) is 0.738. The fourth-order valence-electron chi connectivity index (χ4n) is 2.87. The van der Waals surface area contributed by atoms with Gasteiger partial charge in [0.15, 0.2) is 0 Å². The standard InChI is InChI=1S/C19H26N2/c1-4-5-13-19(20)18-11-7-6-10-17(18)16-12-8-9-15(16)14-21(2)3/h6-12,16,20H,4-5,13-14H2,1-3H3. The van der Waals surface area contributed by atoms with Gasteiger partial charge in [-0.25, -0.2) is 0 Å². The smallest absolute Gasteiger partial charge is 0.0389 e. The Bertz CT molecular complexity index is 552. The highest BCUT2D eigenvalue weighted by Crippen LogP contribution is 2.33. The summed E-state index contributed by atoms with van der Waals surface area (Å²) in [4.78, 5) is 2.21. The molecule has 1 unspecified atom stereocenters. The minimum atomic E-state index is 0.325. The molecule has 2 nitrogen and oxygen atoms in total. The number of hydrogen-bond acceptors (Lipinski definition) is 2. The van der Waals surface area contributed by atoms with Crippen LogP contribution in [0.3, 0.4) is 0 Å². The summed E-state index contributed by atoms with van der Waals surface area (Å²) in [6.45, 7) is 3.14. The molecule has 2 rings (SSSR count). The fourth-order valence-corrected chi connectivity index (χ4v) is 2.87. The Balaban J connectivity index is 2.26. The average Bonchev–Trinajstić information content (AvgIpc) is 2.92. The molecule has 0 spiro atoms. The van der Waals surface area contributed by atoms with Gasteiger partial charge in [0.05, 0.1) is 0 Å². The molecule has 0 heterocycles. The van der Waals surface area contributed by atoms with Crippen molar-refractivity contribution >= 4 is 5.71 Å². The molecule has 0 fully saturated rings. The first-order chi connectivity index (χ1) is 10.1. The summed E-state index contributed by atoms with van der Waals surface area (Å²) in [6.07, 6.45) is 9.72. The molecule has 0 saturated carbocycles. The molecule has 2 heteroatoms. The summed E-state index contributed by atoms with van der Waals surface area (Å²) in [5.41, 5.74) is 4.58. The Morgan fingerprint density at radius 1 is 1.24 bits per heavy atom. The van der Waals surface area contributed by atoms with Gasteiger partial charge in [0, 0.05) is 18.2 Å². The van der Waals surface area contributed by atoms with E-state index in [2.05, 4.69) is 62.3 Å². The van der Waals surface area contributed by atoms with Crippen molar-refractivity contribution in [3.8, 4) is 0 Å². The maximum atomic E-state index is 8.39. The van der Waals surface area contributed by atoms with Gasteiger partial charge in [0.25, 0.3) is 0 Å². The molecule has 0 aromatic heterocycles. The van der Waals surface area contributed by atoms with E-state index in [4.69, 9.17) is 5.41 Å². The molecular formula is C19H26N2. The van der Waals surface area contributed by atoms with E-state index >= 15 is 0 Å². The molecule has 0 saturated heterocycles. The van der Waals surface area contributed by atoms with Crippen LogP contribution in [0.5, 0.6) is 0 Å². The first-order valence-electron chi connectivity index (χ1n) is 7.82. The first-order valence-corrected chi connectivity index (χ1v) is 7.82. The van der Waals surface area contributed by atoms with Gasteiger partial charge >= 0.3 is 0 Å². The number of rotatable bonds is 7. The lowest BCUT2D eigenvalue weighted by molar-refractivity contribution is 0.439. The van der Waals surface area contributed by atoms with Crippen molar-refractivity contribution in [3.05, 3.63) is 59.2 Å². The third kappa shape index (κ3) is 3.92. The van der Waals surface area contributed by atoms with Crippen molar-refractivity contribution in [1.29, 1.82) is 5.41 Å². The summed E-state index contributed by atoms with van der Waals surface area (Å²) < 4.78 is 0. The Morgan fingerprint density at radius 2 is 2.00 bits per heavy atom. The van der Waals surface area contributed by atoms with Gasteiger partial charge in [0.2, 0.25) is 0 Å². The number of nitrogens with one attached hydrogen (secondary N) is 1. The number of allylic oxidation sites excluding steroid dienone is 3. The van der Waals surface area contributed by atoms with E-state index in [9.17, 15) is 0 Å². The molecule has 1 N–H and O–H groups in total. The summed E-state index contributed by atoms with van der Waals surface area (Å²) in [5.74, 6) is 0.325. The maximum Gasteiger partial charge on any atom is 0.0389 e. The van der Waals surface area contributed by atoms with Gasteiger partial charge in [-0.3, -0.25) is 0 Å². The first kappa shape index (κ1) is 15.7. The average molecular weight is 282 g/mol. The zero-order chi connectivity index (χ0) is 15.2. The van der Waals surface area contributed by atoms with Crippen LogP contribution in [0, 0.1) is 5.41 Å². The molecular weight excluding hydrogens is 256 g/mol. The largest absolute Gasteiger partial charge is 0.305 e. The number of unbranched alkanes of at least 4 members (excludes halogenated alkanes) is 1. The highest BCUT2D eigenvalue weighted by Gasteiger charge is 2.21. The van der Waals surface area contributed by atoms with Crippen LogP contribution in [-0.4, -0.2) is 31.3 Å². The molecule has 112 valence electrons. The van der Waals surface area contributed by atoms with Crippen LogP contribution < -0.4 is 0 Å². The molecule has 0 aliphatic heterocycles. The normalized spacial score (nSPS) is 17.3. The van der Waals surface area contributed by atoms with Crippen LogP contribution in [0.2, 0.25) is 0 Å². The monoisotopic (exact) mass is 282 g/mol. The van der Waals surface area contributed by atoms with Crippen molar-refractivity contribution in [2.45, 2.75) is 32.1 Å². The SMILES string of the molecule is CCCCC(=N)c1ccccc1C1C=CC=C1CN(C)C. The number of nitrogens with zero attached hydrogens (tertiary/aromatic N) is 1. The molecule has 1 aromatic rings. The lowest BCUT2D eigenvalue weighted by Crippen LogP contribution is -2.18. The summed E-state index contributed by atoms with van der Waals surface area (Å²) >= 11 is 0. The molecule has 0 bridgehead atoms. The van der Waals surface area contributed by atoms with E-state index in [1.54, 1.807) is 0 Å². The van der Waals surface area contributed by atoms with Crippen LogP contribution in [0.15, 0.2) is 48.1 Å². The van der Waals surface area contributed by atoms with Gasteiger partial charge in [-0.2, -0.15) is 0 Å². The Morgan fingerprint density at radius 3 is 2.71 bits per heavy atom. The van der Waals surface area contributed by atoms with Crippen molar-refractivity contribution in [2.75, 3.05) is 20.6 Å². The lowest BCUT2D eigenvalue weighted by Gasteiger charge is -2.21. The topological polar surface area (TPSA) is 27.1 Å². The number of hydrogen-bond donors (Lipinski definition) is 1. The Kier molecular flexibility index (Phi) is 5.51. The predicted octanol–water partition coefficient (Wildman–Crippen LogP) is 4.39. The Hall–Kier alpha value is -1.67. The molecule has 1 atom stereocenters. The van der Waals surface area contributed by atoms with Crippen LogP contribution in [-0.2, 0) is 0 Å². The second-order valence-electron chi connectivity index (χ2n) is 6.01. The second kappa shape index (κ2) is 7.37. The predicted molar refractivity (Wildman–Crippen MR) is 91.3 cm³/mol. The van der Waals surface area contributed by atoms with Gasteiger partial charge in [-0.15, -0.1) is 0 Å². The molecule has 1 aromatic carbocycles. The molecule has 0 amide bonds. The Labute approximate surface area is 128 Å². The second-order valence-corrected chi connectivity index (χ2v) is 6.01. The van der Waals surface area contributed by atoms with Crippen molar-refractivity contribution < 1.29 is 0 Å². The van der Waals surface area contributed by atoms with E-state index in [0.717, 1.165) is 37.1 Å². The lowest BCUT2D eigenvalue weighted by atomic mass is 9.87. The highest BCUT2D eigenvalue weighted by molar-refractivity contribution is 5.99. The van der Waals surface area contributed by atoms with E-state index in [1.807, 2.05) is 6.07 Å². The van der Waals surface area contributed by atoms with Crippen molar-refractivity contribution in [1.82, 2.24) is 4.90 Å². The van der Waals surface area contributed by atoms with E-state index in [0.29, 0.717) is 5.92 Å². The summed E-state index contributed by atoms with van der Waals surface area (Å²) in [7, 11) is 4.21. The number of likely N-dealkylation sites (N-methyl/N-ethyl adjacent to an activating group) is 1. The van der Waals surface area contributed by atoms with Gasteiger partial charge < -0.3 is 10.3 Å².